The van der Waals surface area contributed by atoms with Gasteiger partial charge in [-0.1, -0.05) is 59.6 Å². The van der Waals surface area contributed by atoms with Crippen molar-refractivity contribution in [1.82, 2.24) is 0 Å². The van der Waals surface area contributed by atoms with Crippen LogP contribution in [0.5, 0.6) is 0 Å². The van der Waals surface area contributed by atoms with E-state index in [-0.39, 0.29) is 4.90 Å². The summed E-state index contributed by atoms with van der Waals surface area (Å²) in [6.45, 7) is 1.60. The molecule has 23 heavy (non-hydrogen) atoms. The summed E-state index contributed by atoms with van der Waals surface area (Å²) in [4.78, 5) is 0.141. The quantitative estimate of drug-likeness (QED) is 0.479. The van der Waals surface area contributed by atoms with E-state index in [0.717, 1.165) is 15.7 Å². The van der Waals surface area contributed by atoms with Gasteiger partial charge in [0, 0.05) is 11.9 Å². The highest BCUT2D eigenvalue weighted by atomic mass is 35.5. The highest BCUT2D eigenvalue weighted by Gasteiger charge is 2.39. The van der Waals surface area contributed by atoms with Gasteiger partial charge in [0.2, 0.25) is 0 Å². The Kier molecular flexibility index (Phi) is 6.14. The number of nitrogens with zero attached hydrogens (tertiary/aromatic N) is 1. The minimum absolute atomic E-state index is 0.141. The number of alkyl halides is 3. The van der Waals surface area contributed by atoms with Gasteiger partial charge in [-0.3, -0.25) is 0 Å². The van der Waals surface area contributed by atoms with Crippen LogP contribution in [0.15, 0.2) is 65.6 Å². The van der Waals surface area contributed by atoms with Gasteiger partial charge in [0.15, 0.2) is 3.67 Å². The Morgan fingerprint density at radius 3 is 1.96 bits per heavy atom. The number of hydrogen-bond acceptors (Lipinski definition) is 3. The monoisotopic (exact) mass is 409 g/mol. The molecular weight excluding hydrogens is 397 g/mol. The van der Waals surface area contributed by atoms with Crippen molar-refractivity contribution in [3.05, 3.63) is 60.7 Å². The molecule has 2 aromatic rings. The lowest BCUT2D eigenvalue weighted by Gasteiger charge is -2.30. The largest absolute Gasteiger partial charge is 0.273 e. The average Bonchev–Trinajstić information content (AvgIpc) is 2.54. The van der Waals surface area contributed by atoms with Gasteiger partial charge in [-0.05, 0) is 31.2 Å². The Hall–Kier alpha value is -0.590. The van der Waals surface area contributed by atoms with Crippen LogP contribution in [0.3, 0.4) is 0 Å². The summed E-state index contributed by atoms with van der Waals surface area (Å²) in [5.74, 6) is 0. The first-order chi connectivity index (χ1) is 10.7. The third-order valence-electron chi connectivity index (χ3n) is 2.89. The molecule has 0 aliphatic rings. The normalized spacial score (nSPS) is 13.6. The minimum Gasteiger partial charge on any atom is -0.205 e. The fourth-order valence-electron chi connectivity index (χ4n) is 1.66. The Morgan fingerprint density at radius 2 is 1.48 bits per heavy atom. The predicted molar refractivity (Wildman–Crippen MR) is 99.9 cm³/mol. The minimum atomic E-state index is -3.85. The van der Waals surface area contributed by atoms with E-state index in [4.69, 9.17) is 34.8 Å². The molecule has 1 atom stereocenters. The number of sulfonamides is 1. The van der Waals surface area contributed by atoms with Crippen molar-refractivity contribution < 1.29 is 8.42 Å². The van der Waals surface area contributed by atoms with Gasteiger partial charge < -0.3 is 0 Å². The van der Waals surface area contributed by atoms with Crippen molar-refractivity contribution in [1.29, 1.82) is 0 Å². The van der Waals surface area contributed by atoms with Crippen LogP contribution in [0, 0.1) is 0 Å². The molecule has 0 amide bonds. The van der Waals surface area contributed by atoms with Gasteiger partial charge in [0.1, 0.15) is 0 Å². The number of hydrogen-bond donors (Lipinski definition) is 0. The molecule has 0 heterocycles. The molecule has 0 bridgehead atoms. The van der Waals surface area contributed by atoms with E-state index in [2.05, 4.69) is 0 Å². The van der Waals surface area contributed by atoms with Gasteiger partial charge in [-0.25, -0.2) is 12.1 Å². The lowest BCUT2D eigenvalue weighted by atomic mass is 10.3. The highest BCUT2D eigenvalue weighted by Crippen LogP contribution is 2.46. The summed E-state index contributed by atoms with van der Waals surface area (Å²) in [5, 5.41) is -0.673. The Labute approximate surface area is 155 Å². The molecule has 2 rings (SSSR count). The van der Waals surface area contributed by atoms with E-state index in [1.54, 1.807) is 55.5 Å². The lowest BCUT2D eigenvalue weighted by Crippen LogP contribution is -2.32. The van der Waals surface area contributed by atoms with Crippen LogP contribution < -0.4 is 3.71 Å². The number of rotatable bonds is 6. The molecular formula is C15H14Cl3NO2S2. The smallest absolute Gasteiger partial charge is 0.205 e. The van der Waals surface area contributed by atoms with Crippen molar-refractivity contribution in [3.63, 3.8) is 0 Å². The van der Waals surface area contributed by atoms with Crippen LogP contribution in [0.25, 0.3) is 0 Å². The summed E-state index contributed by atoms with van der Waals surface area (Å²) in [6, 6.07) is 16.7. The van der Waals surface area contributed by atoms with E-state index >= 15 is 0 Å². The molecule has 0 radical (unpaired) electrons. The van der Waals surface area contributed by atoms with E-state index in [0.29, 0.717) is 5.69 Å². The first-order valence-corrected chi connectivity index (χ1v) is 10.0. The zero-order valence-electron chi connectivity index (χ0n) is 12.1. The fraction of sp³-hybridized carbons (Fsp3) is 0.200. The molecule has 8 heteroatoms. The second kappa shape index (κ2) is 7.53. The van der Waals surface area contributed by atoms with Crippen LogP contribution in [0.1, 0.15) is 6.92 Å². The van der Waals surface area contributed by atoms with Crippen molar-refractivity contribution in [2.24, 2.45) is 0 Å². The molecule has 0 aromatic heterocycles. The number of benzene rings is 2. The van der Waals surface area contributed by atoms with Crippen molar-refractivity contribution >= 4 is 62.5 Å². The maximum absolute atomic E-state index is 13.0. The molecule has 124 valence electrons. The second-order valence-corrected chi connectivity index (χ2v) is 10.3. The zero-order valence-corrected chi connectivity index (χ0v) is 16.0. The maximum atomic E-state index is 13.0. The van der Waals surface area contributed by atoms with Crippen LogP contribution in [0.4, 0.5) is 5.69 Å². The molecule has 0 saturated heterocycles. The van der Waals surface area contributed by atoms with Crippen LogP contribution in [0.2, 0.25) is 0 Å². The molecule has 0 aliphatic heterocycles. The SMILES string of the molecule is CC(Cl)C(Cl)(Cl)SN(c1ccccc1)S(=O)(=O)c1ccccc1. The predicted octanol–water partition coefficient (Wildman–Crippen LogP) is 5.29. The van der Waals surface area contributed by atoms with Gasteiger partial charge in [-0.2, -0.15) is 0 Å². The second-order valence-electron chi connectivity index (χ2n) is 4.65. The summed E-state index contributed by atoms with van der Waals surface area (Å²) in [5.41, 5.74) is 0.435. The van der Waals surface area contributed by atoms with Crippen LogP contribution >= 0.6 is 46.8 Å². The Balaban J connectivity index is 2.51. The van der Waals surface area contributed by atoms with E-state index in [9.17, 15) is 8.42 Å². The van der Waals surface area contributed by atoms with Crippen LogP contribution in [-0.2, 0) is 10.0 Å². The van der Waals surface area contributed by atoms with Gasteiger partial charge in [-0.15, -0.1) is 11.6 Å². The molecule has 0 saturated carbocycles. The topological polar surface area (TPSA) is 37.4 Å². The highest BCUT2D eigenvalue weighted by molar-refractivity contribution is 8.16. The summed E-state index contributed by atoms with van der Waals surface area (Å²) in [6.07, 6.45) is 0. The third-order valence-corrected chi connectivity index (χ3v) is 7.94. The van der Waals surface area contributed by atoms with E-state index < -0.39 is 19.1 Å². The molecule has 0 aliphatic carbocycles. The average molecular weight is 411 g/mol. The van der Waals surface area contributed by atoms with Gasteiger partial charge in [0.05, 0.1) is 16.0 Å². The van der Waals surface area contributed by atoms with E-state index in [1.807, 2.05) is 0 Å². The molecule has 1 unspecified atom stereocenters. The summed E-state index contributed by atoms with van der Waals surface area (Å²) >= 11 is 19.1. The molecule has 3 nitrogen and oxygen atoms in total. The van der Waals surface area contributed by atoms with Gasteiger partial charge in [0.25, 0.3) is 10.0 Å². The van der Waals surface area contributed by atoms with Crippen molar-refractivity contribution in [2.45, 2.75) is 20.9 Å². The summed E-state index contributed by atoms with van der Waals surface area (Å²) < 4.78 is 25.5. The standard InChI is InChI=1S/C15H14Cl3NO2S2/c1-12(16)15(17,18)22-19(13-8-4-2-5-9-13)23(20,21)14-10-6-3-7-11-14/h2-12H,1H3. The third kappa shape index (κ3) is 4.48. The fourth-order valence-corrected chi connectivity index (χ4v) is 5.13. The Bertz CT molecular complexity index is 738. The van der Waals surface area contributed by atoms with E-state index in [1.165, 1.54) is 12.1 Å². The zero-order chi connectivity index (χ0) is 17.1. The van der Waals surface area contributed by atoms with Gasteiger partial charge >= 0.3 is 0 Å². The number of halogens is 3. The van der Waals surface area contributed by atoms with Crippen molar-refractivity contribution in [3.8, 4) is 0 Å². The Morgan fingerprint density at radius 1 is 1.00 bits per heavy atom. The number of anilines is 1. The molecule has 0 spiro atoms. The van der Waals surface area contributed by atoms with Crippen LogP contribution in [-0.4, -0.2) is 17.5 Å². The molecule has 0 N–H and O–H groups in total. The molecule has 0 fully saturated rings. The first-order valence-electron chi connectivity index (χ1n) is 6.61. The molecule has 2 aromatic carbocycles. The van der Waals surface area contributed by atoms with Crippen molar-refractivity contribution in [2.75, 3.05) is 3.71 Å². The lowest BCUT2D eigenvalue weighted by molar-refractivity contribution is 0.598. The maximum Gasteiger partial charge on any atom is 0.273 e. The number of para-hydroxylation sites is 1. The summed E-state index contributed by atoms with van der Waals surface area (Å²) in [7, 11) is -3.85. The first kappa shape index (κ1) is 18.7.